The molecule has 4 nitrogen and oxygen atoms in total. The van der Waals surface area contributed by atoms with E-state index in [1.165, 1.54) is 0 Å². The average Bonchev–Trinajstić information content (AvgIpc) is 2.16. The standard InChI is InChI=1S/C8H15NO3/c1-5-6(2)12-4-8(5,9)3-7(10)11/h5-6H,3-4,9H2,1-2H3,(H,10,11). The van der Waals surface area contributed by atoms with E-state index in [0.717, 1.165) is 0 Å². The lowest BCUT2D eigenvalue weighted by atomic mass is 9.83. The fourth-order valence-corrected chi connectivity index (χ4v) is 1.52. The monoisotopic (exact) mass is 173 g/mol. The summed E-state index contributed by atoms with van der Waals surface area (Å²) < 4.78 is 5.29. The lowest BCUT2D eigenvalue weighted by Gasteiger charge is -2.25. The second-order valence-electron chi connectivity index (χ2n) is 3.61. The van der Waals surface area contributed by atoms with Crippen LogP contribution >= 0.6 is 0 Å². The Morgan fingerprint density at radius 3 is 2.67 bits per heavy atom. The number of aliphatic carboxylic acids is 1. The Kier molecular flexibility index (Phi) is 2.39. The predicted molar refractivity (Wildman–Crippen MR) is 43.7 cm³/mol. The second-order valence-corrected chi connectivity index (χ2v) is 3.61. The Morgan fingerprint density at radius 1 is 1.75 bits per heavy atom. The van der Waals surface area contributed by atoms with E-state index in [2.05, 4.69) is 0 Å². The molecule has 1 aliphatic heterocycles. The molecule has 1 saturated heterocycles. The summed E-state index contributed by atoms with van der Waals surface area (Å²) in [5.74, 6) is -0.754. The molecular weight excluding hydrogens is 158 g/mol. The summed E-state index contributed by atoms with van der Waals surface area (Å²) in [6.07, 6.45) is 0.0488. The smallest absolute Gasteiger partial charge is 0.305 e. The molecule has 0 spiro atoms. The zero-order valence-corrected chi connectivity index (χ0v) is 7.41. The van der Waals surface area contributed by atoms with Gasteiger partial charge in [-0.05, 0) is 6.92 Å². The molecule has 0 bridgehead atoms. The normalized spacial score (nSPS) is 41.6. The summed E-state index contributed by atoms with van der Waals surface area (Å²) in [5, 5.41) is 8.61. The molecule has 0 aromatic heterocycles. The van der Waals surface area contributed by atoms with E-state index in [4.69, 9.17) is 15.6 Å². The van der Waals surface area contributed by atoms with Crippen LogP contribution in [0.5, 0.6) is 0 Å². The lowest BCUT2D eigenvalue weighted by Crippen LogP contribution is -2.48. The van der Waals surface area contributed by atoms with Crippen molar-refractivity contribution in [3.63, 3.8) is 0 Å². The molecule has 3 unspecified atom stereocenters. The third-order valence-electron chi connectivity index (χ3n) is 2.71. The Morgan fingerprint density at radius 2 is 2.33 bits per heavy atom. The number of ether oxygens (including phenoxy) is 1. The van der Waals surface area contributed by atoms with Gasteiger partial charge in [0.25, 0.3) is 0 Å². The third kappa shape index (κ3) is 1.59. The van der Waals surface area contributed by atoms with Gasteiger partial charge >= 0.3 is 5.97 Å². The van der Waals surface area contributed by atoms with E-state index in [1.807, 2.05) is 13.8 Å². The molecule has 0 amide bonds. The maximum absolute atomic E-state index is 10.5. The summed E-state index contributed by atoms with van der Waals surface area (Å²) >= 11 is 0. The second kappa shape index (κ2) is 3.03. The molecule has 3 N–H and O–H groups in total. The van der Waals surface area contributed by atoms with Crippen molar-refractivity contribution in [1.82, 2.24) is 0 Å². The number of hydrogen-bond acceptors (Lipinski definition) is 3. The molecule has 0 radical (unpaired) electrons. The summed E-state index contributed by atoms with van der Waals surface area (Å²) in [7, 11) is 0. The van der Waals surface area contributed by atoms with Crippen LogP contribution in [0.4, 0.5) is 0 Å². The molecule has 1 rings (SSSR count). The lowest BCUT2D eigenvalue weighted by molar-refractivity contribution is -0.138. The van der Waals surface area contributed by atoms with Crippen LogP contribution in [0.1, 0.15) is 20.3 Å². The predicted octanol–water partition coefficient (Wildman–Crippen LogP) is 0.213. The van der Waals surface area contributed by atoms with Crippen LogP contribution in [0.15, 0.2) is 0 Å². The molecule has 1 heterocycles. The van der Waals surface area contributed by atoms with Crippen molar-refractivity contribution < 1.29 is 14.6 Å². The number of hydrogen-bond donors (Lipinski definition) is 2. The molecule has 12 heavy (non-hydrogen) atoms. The Hall–Kier alpha value is -0.610. The van der Waals surface area contributed by atoms with E-state index in [1.54, 1.807) is 0 Å². The Labute approximate surface area is 71.7 Å². The highest BCUT2D eigenvalue weighted by molar-refractivity contribution is 5.68. The Balaban J connectivity index is 2.65. The minimum Gasteiger partial charge on any atom is -0.481 e. The molecule has 1 fully saturated rings. The summed E-state index contributed by atoms with van der Waals surface area (Å²) in [4.78, 5) is 10.5. The fraction of sp³-hybridized carbons (Fsp3) is 0.875. The minimum absolute atomic E-state index is 0.0154. The van der Waals surface area contributed by atoms with E-state index in [9.17, 15) is 4.79 Å². The molecule has 0 saturated carbocycles. The highest BCUT2D eigenvalue weighted by atomic mass is 16.5. The van der Waals surface area contributed by atoms with Crippen LogP contribution in [0.3, 0.4) is 0 Å². The van der Waals surface area contributed by atoms with Gasteiger partial charge in [0.15, 0.2) is 0 Å². The van der Waals surface area contributed by atoms with E-state index < -0.39 is 11.5 Å². The van der Waals surface area contributed by atoms with E-state index in [-0.39, 0.29) is 18.4 Å². The molecular formula is C8H15NO3. The summed E-state index contributed by atoms with van der Waals surface area (Å²) in [6.45, 7) is 4.20. The van der Waals surface area contributed by atoms with Crippen molar-refractivity contribution in [3.05, 3.63) is 0 Å². The van der Waals surface area contributed by atoms with Gasteiger partial charge in [0, 0.05) is 5.92 Å². The quantitative estimate of drug-likeness (QED) is 0.626. The van der Waals surface area contributed by atoms with Gasteiger partial charge in [0.05, 0.1) is 24.7 Å². The minimum atomic E-state index is -0.859. The summed E-state index contributed by atoms with van der Waals surface area (Å²) in [5.41, 5.74) is 5.21. The Bertz CT molecular complexity index is 195. The van der Waals surface area contributed by atoms with Gasteiger partial charge in [0.1, 0.15) is 0 Å². The van der Waals surface area contributed by atoms with Gasteiger partial charge in [-0.2, -0.15) is 0 Å². The number of nitrogens with two attached hydrogens (primary N) is 1. The van der Waals surface area contributed by atoms with Crippen LogP contribution in [0, 0.1) is 5.92 Å². The van der Waals surface area contributed by atoms with Gasteiger partial charge in [-0.3, -0.25) is 4.79 Å². The van der Waals surface area contributed by atoms with Gasteiger partial charge in [-0.25, -0.2) is 0 Å². The van der Waals surface area contributed by atoms with Crippen molar-refractivity contribution >= 4 is 5.97 Å². The van der Waals surface area contributed by atoms with Gasteiger partial charge in [-0.15, -0.1) is 0 Å². The first-order valence-corrected chi connectivity index (χ1v) is 4.08. The fourth-order valence-electron chi connectivity index (χ4n) is 1.52. The van der Waals surface area contributed by atoms with Crippen molar-refractivity contribution in [1.29, 1.82) is 0 Å². The van der Waals surface area contributed by atoms with Gasteiger partial charge in [0.2, 0.25) is 0 Å². The first-order chi connectivity index (χ1) is 5.46. The molecule has 4 heteroatoms. The first-order valence-electron chi connectivity index (χ1n) is 4.08. The molecule has 3 atom stereocenters. The highest BCUT2D eigenvalue weighted by Crippen LogP contribution is 2.30. The molecule has 0 aromatic carbocycles. The maximum atomic E-state index is 10.5. The van der Waals surface area contributed by atoms with Crippen molar-refractivity contribution in [2.75, 3.05) is 6.61 Å². The molecule has 70 valence electrons. The number of carbonyl (C=O) groups is 1. The SMILES string of the molecule is CC1OCC(N)(CC(=O)O)C1C. The largest absolute Gasteiger partial charge is 0.481 e. The first kappa shape index (κ1) is 9.48. The van der Waals surface area contributed by atoms with Crippen molar-refractivity contribution in [2.24, 2.45) is 11.7 Å². The van der Waals surface area contributed by atoms with Crippen molar-refractivity contribution in [3.8, 4) is 0 Å². The van der Waals surface area contributed by atoms with Crippen LogP contribution < -0.4 is 5.73 Å². The maximum Gasteiger partial charge on any atom is 0.305 e. The summed E-state index contributed by atoms with van der Waals surface area (Å²) in [6, 6.07) is 0. The number of carboxylic acid groups (broad SMARTS) is 1. The molecule has 1 aliphatic rings. The van der Waals surface area contributed by atoms with Crippen LogP contribution in [0.2, 0.25) is 0 Å². The van der Waals surface area contributed by atoms with E-state index in [0.29, 0.717) is 6.61 Å². The number of carboxylic acids is 1. The molecule has 0 aliphatic carbocycles. The van der Waals surface area contributed by atoms with Crippen LogP contribution in [0.25, 0.3) is 0 Å². The molecule has 0 aromatic rings. The van der Waals surface area contributed by atoms with Crippen molar-refractivity contribution in [2.45, 2.75) is 31.9 Å². The zero-order valence-electron chi connectivity index (χ0n) is 7.41. The average molecular weight is 173 g/mol. The van der Waals surface area contributed by atoms with Crippen LogP contribution in [-0.2, 0) is 9.53 Å². The zero-order chi connectivity index (χ0) is 9.35. The van der Waals surface area contributed by atoms with Gasteiger partial charge < -0.3 is 15.6 Å². The van der Waals surface area contributed by atoms with Gasteiger partial charge in [-0.1, -0.05) is 6.92 Å². The topological polar surface area (TPSA) is 72.5 Å². The van der Waals surface area contributed by atoms with Crippen LogP contribution in [-0.4, -0.2) is 29.3 Å². The number of rotatable bonds is 2. The third-order valence-corrected chi connectivity index (χ3v) is 2.71. The highest BCUT2D eigenvalue weighted by Gasteiger charge is 2.43. The van der Waals surface area contributed by atoms with E-state index >= 15 is 0 Å².